The highest BCUT2D eigenvalue weighted by Gasteiger charge is 2.27. The molecule has 7 heteroatoms. The molecule has 23 heavy (non-hydrogen) atoms. The van der Waals surface area contributed by atoms with Gasteiger partial charge in [0.2, 0.25) is 0 Å². The van der Waals surface area contributed by atoms with Gasteiger partial charge >= 0.3 is 5.97 Å². The molecule has 3 rings (SSSR count). The van der Waals surface area contributed by atoms with Crippen LogP contribution in [0.5, 0.6) is 0 Å². The van der Waals surface area contributed by atoms with Gasteiger partial charge in [0.1, 0.15) is 18.0 Å². The number of aliphatic carboxylic acids is 1. The second kappa shape index (κ2) is 5.83. The first-order chi connectivity index (χ1) is 11.0. The molecule has 1 aliphatic rings. The molecule has 0 unspecified atom stereocenters. The van der Waals surface area contributed by atoms with Gasteiger partial charge in [-0.15, -0.1) is 0 Å². The van der Waals surface area contributed by atoms with E-state index in [1.807, 2.05) is 0 Å². The van der Waals surface area contributed by atoms with Gasteiger partial charge in [0.25, 0.3) is 5.91 Å². The summed E-state index contributed by atoms with van der Waals surface area (Å²) < 4.78 is 15.7. The Bertz CT molecular complexity index is 798. The molecule has 0 fully saturated rings. The number of hydrogen-bond donors (Lipinski definition) is 2. The van der Waals surface area contributed by atoms with Crippen LogP contribution in [0.25, 0.3) is 5.69 Å². The molecule has 0 spiro atoms. The lowest BCUT2D eigenvalue weighted by Gasteiger charge is -2.07. The van der Waals surface area contributed by atoms with Crippen LogP contribution >= 0.6 is 0 Å². The van der Waals surface area contributed by atoms with Gasteiger partial charge in [0, 0.05) is 11.3 Å². The molecule has 1 aromatic carbocycles. The van der Waals surface area contributed by atoms with Gasteiger partial charge in [0.15, 0.2) is 5.69 Å². The Labute approximate surface area is 131 Å². The summed E-state index contributed by atoms with van der Waals surface area (Å²) in [5.74, 6) is -2.07. The normalized spacial score (nSPS) is 13.0. The number of aromatic nitrogens is 2. The topological polar surface area (TPSA) is 84.2 Å². The molecular weight excluding hydrogens is 301 g/mol. The number of nitrogens with one attached hydrogen (secondary N) is 1. The van der Waals surface area contributed by atoms with E-state index < -0.39 is 24.2 Å². The second-order valence-corrected chi connectivity index (χ2v) is 5.57. The number of carbonyl (C=O) groups is 2. The molecule has 0 atom stereocenters. The van der Waals surface area contributed by atoms with Gasteiger partial charge < -0.3 is 10.4 Å². The van der Waals surface area contributed by atoms with Crippen LogP contribution in [0.15, 0.2) is 18.2 Å². The quantitative estimate of drug-likeness (QED) is 0.897. The van der Waals surface area contributed by atoms with E-state index in [0.29, 0.717) is 18.5 Å². The molecule has 0 radical (unpaired) electrons. The monoisotopic (exact) mass is 317 g/mol. The zero-order valence-electron chi connectivity index (χ0n) is 12.6. The number of carbonyl (C=O) groups excluding carboxylic acids is 1. The van der Waals surface area contributed by atoms with Gasteiger partial charge in [0.05, 0.1) is 0 Å². The molecule has 6 nitrogen and oxygen atoms in total. The van der Waals surface area contributed by atoms with E-state index in [4.69, 9.17) is 5.11 Å². The number of halogens is 1. The van der Waals surface area contributed by atoms with Crippen LogP contribution in [0, 0.1) is 12.7 Å². The van der Waals surface area contributed by atoms with Crippen molar-refractivity contribution < 1.29 is 19.1 Å². The van der Waals surface area contributed by atoms with Crippen molar-refractivity contribution in [3.8, 4) is 5.69 Å². The fourth-order valence-corrected chi connectivity index (χ4v) is 2.84. The summed E-state index contributed by atoms with van der Waals surface area (Å²) in [5.41, 5.74) is 2.86. The van der Waals surface area contributed by atoms with Crippen LogP contribution < -0.4 is 5.32 Å². The lowest BCUT2D eigenvalue weighted by Crippen LogP contribution is -2.30. The Morgan fingerprint density at radius 2 is 2.17 bits per heavy atom. The molecule has 2 N–H and O–H groups in total. The average molecular weight is 317 g/mol. The van der Waals surface area contributed by atoms with E-state index in [-0.39, 0.29) is 5.69 Å². The summed E-state index contributed by atoms with van der Waals surface area (Å²) in [4.78, 5) is 22.7. The zero-order valence-corrected chi connectivity index (χ0v) is 12.6. The second-order valence-electron chi connectivity index (χ2n) is 5.57. The Morgan fingerprint density at radius 1 is 1.39 bits per heavy atom. The fourth-order valence-electron chi connectivity index (χ4n) is 2.84. The molecule has 1 aliphatic carbocycles. The first kappa shape index (κ1) is 15.2. The van der Waals surface area contributed by atoms with Crippen molar-refractivity contribution >= 4 is 11.9 Å². The average Bonchev–Trinajstić information content (AvgIpc) is 3.07. The van der Waals surface area contributed by atoms with Crippen molar-refractivity contribution in [1.29, 1.82) is 0 Å². The Hall–Kier alpha value is -2.70. The summed E-state index contributed by atoms with van der Waals surface area (Å²) in [6.07, 6.45) is 2.25. The third-order valence-electron chi connectivity index (χ3n) is 3.88. The number of fused-ring (bicyclic) bond motifs is 1. The number of benzene rings is 1. The summed E-state index contributed by atoms with van der Waals surface area (Å²) in [6.45, 7) is 1.32. The van der Waals surface area contributed by atoms with Crippen molar-refractivity contribution in [3.05, 3.63) is 46.5 Å². The Kier molecular flexibility index (Phi) is 3.85. The number of carboxylic acids is 1. The van der Waals surface area contributed by atoms with Crippen LogP contribution in [-0.2, 0) is 17.6 Å². The van der Waals surface area contributed by atoms with Gasteiger partial charge in [-0.25, -0.2) is 9.07 Å². The van der Waals surface area contributed by atoms with Crippen molar-refractivity contribution in [2.75, 3.05) is 6.54 Å². The molecule has 0 saturated heterocycles. The van der Waals surface area contributed by atoms with E-state index >= 15 is 0 Å². The van der Waals surface area contributed by atoms with E-state index in [2.05, 4.69) is 10.4 Å². The SMILES string of the molecule is Cc1ccc(-n2nc(C(=O)NCC(=O)O)c3c2CCC3)c(F)c1. The van der Waals surface area contributed by atoms with Crippen molar-refractivity contribution in [2.24, 2.45) is 0 Å². The third-order valence-corrected chi connectivity index (χ3v) is 3.88. The first-order valence-electron chi connectivity index (χ1n) is 7.34. The lowest BCUT2D eigenvalue weighted by molar-refractivity contribution is -0.135. The van der Waals surface area contributed by atoms with Crippen LogP contribution in [0.3, 0.4) is 0 Å². The van der Waals surface area contributed by atoms with Gasteiger partial charge in [-0.05, 0) is 43.9 Å². The molecule has 0 aliphatic heterocycles. The minimum absolute atomic E-state index is 0.179. The van der Waals surface area contributed by atoms with E-state index in [1.165, 1.54) is 10.7 Å². The highest BCUT2D eigenvalue weighted by atomic mass is 19.1. The third kappa shape index (κ3) is 2.81. The molecule has 1 heterocycles. The van der Waals surface area contributed by atoms with Crippen LogP contribution in [-0.4, -0.2) is 33.3 Å². The number of amides is 1. The lowest BCUT2D eigenvalue weighted by atomic mass is 10.2. The standard InChI is InChI=1S/C16H16FN3O3/c1-9-5-6-13(11(17)7-9)20-12-4-2-3-10(12)15(19-20)16(23)18-8-14(21)22/h5-7H,2-4,8H2,1H3,(H,18,23)(H,21,22). The maximum absolute atomic E-state index is 14.2. The minimum atomic E-state index is -1.13. The Balaban J connectivity index is 2.01. The smallest absolute Gasteiger partial charge is 0.322 e. The highest BCUT2D eigenvalue weighted by molar-refractivity contribution is 5.95. The van der Waals surface area contributed by atoms with E-state index in [0.717, 1.165) is 23.2 Å². The number of rotatable bonds is 4. The molecule has 0 saturated carbocycles. The number of nitrogens with zero attached hydrogens (tertiary/aromatic N) is 2. The summed E-state index contributed by atoms with van der Waals surface area (Å²) in [6, 6.07) is 4.84. The van der Waals surface area contributed by atoms with Crippen molar-refractivity contribution in [1.82, 2.24) is 15.1 Å². The predicted octanol–water partition coefficient (Wildman–Crippen LogP) is 1.62. The summed E-state index contributed by atoms with van der Waals surface area (Å²) in [7, 11) is 0. The van der Waals surface area contributed by atoms with Crippen LogP contribution in [0.4, 0.5) is 4.39 Å². The van der Waals surface area contributed by atoms with E-state index in [1.54, 1.807) is 19.1 Å². The number of carboxylic acid groups (broad SMARTS) is 1. The minimum Gasteiger partial charge on any atom is -0.480 e. The Morgan fingerprint density at radius 3 is 2.87 bits per heavy atom. The first-order valence-corrected chi connectivity index (χ1v) is 7.34. The predicted molar refractivity (Wildman–Crippen MR) is 80.3 cm³/mol. The molecule has 1 amide bonds. The fraction of sp³-hybridized carbons (Fsp3) is 0.312. The molecule has 0 bridgehead atoms. The van der Waals surface area contributed by atoms with E-state index in [9.17, 15) is 14.0 Å². The van der Waals surface area contributed by atoms with Gasteiger partial charge in [-0.2, -0.15) is 5.10 Å². The molecule has 1 aromatic heterocycles. The maximum Gasteiger partial charge on any atom is 0.322 e. The summed E-state index contributed by atoms with van der Waals surface area (Å²) >= 11 is 0. The largest absolute Gasteiger partial charge is 0.480 e. The molecule has 120 valence electrons. The van der Waals surface area contributed by atoms with Crippen LogP contribution in [0.2, 0.25) is 0 Å². The zero-order chi connectivity index (χ0) is 16.6. The summed E-state index contributed by atoms with van der Waals surface area (Å²) in [5, 5.41) is 15.2. The number of hydrogen-bond acceptors (Lipinski definition) is 3. The molecule has 2 aromatic rings. The van der Waals surface area contributed by atoms with Gasteiger partial charge in [-0.1, -0.05) is 6.07 Å². The van der Waals surface area contributed by atoms with Gasteiger partial charge in [-0.3, -0.25) is 9.59 Å². The highest BCUT2D eigenvalue weighted by Crippen LogP contribution is 2.28. The van der Waals surface area contributed by atoms with Crippen LogP contribution in [0.1, 0.15) is 33.7 Å². The number of aryl methyl sites for hydroxylation is 1. The molecular formula is C16H16FN3O3. The van der Waals surface area contributed by atoms with Crippen molar-refractivity contribution in [3.63, 3.8) is 0 Å². The van der Waals surface area contributed by atoms with Crippen molar-refractivity contribution in [2.45, 2.75) is 26.2 Å². The maximum atomic E-state index is 14.2.